The molecule has 0 spiro atoms. The van der Waals surface area contributed by atoms with Gasteiger partial charge < -0.3 is 9.97 Å². The Morgan fingerprint density at radius 3 is 1.31 bits per heavy atom. The standard InChI is InChI=1S/C60H63N4/c1-57(2,3)41-21-13-37(14-22-41)45-33-53-54-34-46(38-15-23-42(24-16-38)58(4,5)6)51(62-54)31-32-52-48(40-19-27-44(28-20-40)60(10,11)12)36-56(64-52)55-35-47(50(63-55)30-29-49(45)61-53)39-17-25-43(26-18-39)59(7,8)9/h13-36,61-63H,1-12H3/q+1. The minimum atomic E-state index is 0.0558. The lowest BCUT2D eigenvalue weighted by atomic mass is 9.86. The number of allylic oxidation sites excluding steroid dienone is 3. The van der Waals surface area contributed by atoms with Gasteiger partial charge in [-0.1, -0.05) is 156 Å². The molecule has 6 aromatic rings. The molecule has 4 aromatic carbocycles. The van der Waals surface area contributed by atoms with Crippen LogP contribution in [0.4, 0.5) is 0 Å². The third-order valence-electron chi connectivity index (χ3n) is 13.0. The van der Waals surface area contributed by atoms with Gasteiger partial charge in [0.1, 0.15) is 16.6 Å². The average molecular weight is 840 g/mol. The first-order valence-corrected chi connectivity index (χ1v) is 22.9. The Bertz CT molecular complexity index is 3160. The van der Waals surface area contributed by atoms with Gasteiger partial charge in [0.25, 0.3) is 0 Å². The molecule has 322 valence electrons. The SMILES string of the molecule is CC(C)(C)c1ccc(C2=CC3=c4cc(-c5ccc(C(C)(C)C)cc5)c([nH]4)=CC=c4[nH]c(cc4-c4ccc(C(C)(C)C)cc4)=C4[CH+]C(c5ccc(C(C)(C)C)cc5)=C(C=CC2=N3)N4)cc1. The molecular weight excluding hydrogens is 777 g/mol. The summed E-state index contributed by atoms with van der Waals surface area (Å²) in [5, 5.41) is 7.92. The van der Waals surface area contributed by atoms with Crippen LogP contribution in [0.2, 0.25) is 0 Å². The van der Waals surface area contributed by atoms with Gasteiger partial charge in [0.05, 0.1) is 34.1 Å². The normalized spacial score (nSPS) is 15.4. The molecule has 0 unspecified atom stereocenters. The number of fused-ring (bicyclic) bond motifs is 7. The maximum atomic E-state index is 5.41. The van der Waals surface area contributed by atoms with Crippen molar-refractivity contribution in [1.29, 1.82) is 0 Å². The zero-order valence-electron chi connectivity index (χ0n) is 39.8. The first-order chi connectivity index (χ1) is 30.2. The summed E-state index contributed by atoms with van der Waals surface area (Å²) in [7, 11) is 0. The van der Waals surface area contributed by atoms with Crippen molar-refractivity contribution in [3.63, 3.8) is 0 Å². The van der Waals surface area contributed by atoms with E-state index in [1.54, 1.807) is 0 Å². The predicted molar refractivity (Wildman–Crippen MR) is 273 cm³/mol. The Kier molecular flexibility index (Phi) is 10.4. The van der Waals surface area contributed by atoms with E-state index in [0.717, 1.165) is 83.2 Å². The highest BCUT2D eigenvalue weighted by Crippen LogP contribution is 2.35. The summed E-state index contributed by atoms with van der Waals surface area (Å²) in [5.41, 5.74) is 18.5. The lowest BCUT2D eigenvalue weighted by Gasteiger charge is -2.19. The van der Waals surface area contributed by atoms with Crippen LogP contribution in [0.1, 0.15) is 116 Å². The molecule has 3 aliphatic heterocycles. The number of nitrogens with one attached hydrogen (secondary N) is 3. The molecule has 0 radical (unpaired) electrons. The summed E-state index contributed by atoms with van der Waals surface area (Å²) < 4.78 is 0. The maximum Gasteiger partial charge on any atom is 0.157 e. The van der Waals surface area contributed by atoms with Crippen LogP contribution in [-0.4, -0.2) is 15.7 Å². The summed E-state index contributed by atoms with van der Waals surface area (Å²) in [6.07, 6.45) is 13.4. The van der Waals surface area contributed by atoms with Gasteiger partial charge in [-0.15, -0.1) is 0 Å². The van der Waals surface area contributed by atoms with Crippen molar-refractivity contribution in [2.24, 2.45) is 4.99 Å². The first kappa shape index (κ1) is 42.8. The molecule has 0 atom stereocenters. The van der Waals surface area contributed by atoms with Crippen LogP contribution >= 0.6 is 0 Å². The van der Waals surface area contributed by atoms with E-state index in [4.69, 9.17) is 4.99 Å². The van der Waals surface area contributed by atoms with Crippen LogP contribution in [-0.2, 0) is 21.7 Å². The topological polar surface area (TPSA) is 56.0 Å². The number of aromatic nitrogens is 2. The van der Waals surface area contributed by atoms with Crippen molar-refractivity contribution in [1.82, 2.24) is 15.3 Å². The molecule has 0 amide bonds. The second-order valence-corrected chi connectivity index (χ2v) is 21.9. The number of aliphatic imine (C=N–C) groups is 1. The van der Waals surface area contributed by atoms with E-state index in [9.17, 15) is 0 Å². The minimum absolute atomic E-state index is 0.0558. The quantitative estimate of drug-likeness (QED) is 0.152. The number of hydrogen-bond donors (Lipinski definition) is 3. The van der Waals surface area contributed by atoms with Crippen LogP contribution in [0, 0.1) is 6.42 Å². The van der Waals surface area contributed by atoms with E-state index in [1.807, 2.05) is 0 Å². The van der Waals surface area contributed by atoms with E-state index in [-0.39, 0.29) is 21.7 Å². The molecule has 0 fully saturated rings. The van der Waals surface area contributed by atoms with E-state index in [0.29, 0.717) is 0 Å². The van der Waals surface area contributed by atoms with E-state index in [1.165, 1.54) is 27.8 Å². The van der Waals surface area contributed by atoms with E-state index >= 15 is 0 Å². The molecule has 2 aromatic heterocycles. The second-order valence-electron chi connectivity index (χ2n) is 21.9. The van der Waals surface area contributed by atoms with Crippen LogP contribution in [0.15, 0.2) is 138 Å². The fraction of sp³-hybridized carbons (Fsp3) is 0.267. The van der Waals surface area contributed by atoms with Gasteiger partial charge in [-0.05, 0) is 115 Å². The molecule has 8 bridgehead atoms. The third kappa shape index (κ3) is 8.46. The number of nitrogens with zero attached hydrogens (tertiary/aromatic N) is 1. The Morgan fingerprint density at radius 1 is 0.453 bits per heavy atom. The highest BCUT2D eigenvalue weighted by Gasteiger charge is 2.30. The highest BCUT2D eigenvalue weighted by atomic mass is 14.9. The Morgan fingerprint density at radius 2 is 0.859 bits per heavy atom. The monoisotopic (exact) mass is 840 g/mol. The number of benzene rings is 4. The lowest BCUT2D eigenvalue weighted by Crippen LogP contribution is -2.19. The Balaban J connectivity index is 1.30. The molecule has 0 saturated carbocycles. The summed E-state index contributed by atoms with van der Waals surface area (Å²) in [5.74, 6) is 0. The van der Waals surface area contributed by atoms with Gasteiger partial charge in [0, 0.05) is 34.2 Å². The van der Waals surface area contributed by atoms with Crippen molar-refractivity contribution < 1.29 is 0 Å². The zero-order valence-corrected chi connectivity index (χ0v) is 39.8. The number of hydrogen-bond acceptors (Lipinski definition) is 2. The highest BCUT2D eigenvalue weighted by molar-refractivity contribution is 6.34. The molecule has 9 rings (SSSR count). The molecule has 5 heterocycles. The number of aromatic amines is 2. The van der Waals surface area contributed by atoms with Crippen LogP contribution in [0.25, 0.3) is 56.9 Å². The van der Waals surface area contributed by atoms with Gasteiger partial charge in [-0.2, -0.15) is 0 Å². The van der Waals surface area contributed by atoms with Crippen LogP contribution in [0.5, 0.6) is 0 Å². The molecule has 64 heavy (non-hydrogen) atoms. The van der Waals surface area contributed by atoms with Gasteiger partial charge in [-0.25, -0.2) is 4.99 Å². The molecular formula is C60H63N4+. The largest absolute Gasteiger partial charge is 0.353 e. The minimum Gasteiger partial charge on any atom is -0.353 e. The number of rotatable bonds is 4. The Hall–Kier alpha value is -6.52. The van der Waals surface area contributed by atoms with Crippen LogP contribution in [0.3, 0.4) is 0 Å². The zero-order chi connectivity index (χ0) is 45.3. The average Bonchev–Trinajstić information content (AvgIpc) is 4.06. The molecule has 0 saturated heterocycles. The summed E-state index contributed by atoms with van der Waals surface area (Å²) in [6.45, 7) is 27.2. The lowest BCUT2D eigenvalue weighted by molar-refractivity contribution is 0.590. The maximum absolute atomic E-state index is 5.41. The third-order valence-corrected chi connectivity index (χ3v) is 13.0. The second kappa shape index (κ2) is 15.6. The first-order valence-electron chi connectivity index (χ1n) is 22.9. The van der Waals surface area contributed by atoms with Crippen LogP contribution < -0.4 is 26.7 Å². The summed E-state index contributed by atoms with van der Waals surface area (Å²) >= 11 is 0. The van der Waals surface area contributed by atoms with Gasteiger partial charge in [-0.3, -0.25) is 5.32 Å². The number of H-pyrrole nitrogens is 2. The fourth-order valence-corrected chi connectivity index (χ4v) is 8.81. The molecule has 3 aliphatic rings. The predicted octanol–water partition coefficient (Wildman–Crippen LogP) is 11.7. The smallest absolute Gasteiger partial charge is 0.157 e. The Labute approximate surface area is 380 Å². The van der Waals surface area contributed by atoms with Gasteiger partial charge in [0.2, 0.25) is 0 Å². The van der Waals surface area contributed by atoms with Gasteiger partial charge >= 0.3 is 0 Å². The molecule has 4 nitrogen and oxygen atoms in total. The summed E-state index contributed by atoms with van der Waals surface area (Å²) in [4.78, 5) is 13.1. The summed E-state index contributed by atoms with van der Waals surface area (Å²) in [6, 6.07) is 40.8. The molecule has 4 heteroatoms. The van der Waals surface area contributed by atoms with Crippen molar-refractivity contribution in [2.75, 3.05) is 0 Å². The van der Waals surface area contributed by atoms with Crippen molar-refractivity contribution in [2.45, 2.75) is 105 Å². The fourth-order valence-electron chi connectivity index (χ4n) is 8.81. The van der Waals surface area contributed by atoms with Crippen molar-refractivity contribution >= 4 is 40.4 Å². The van der Waals surface area contributed by atoms with E-state index < -0.39 is 0 Å². The molecule has 3 N–H and O–H groups in total. The molecule has 0 aliphatic carbocycles. The van der Waals surface area contributed by atoms with E-state index in [2.05, 4.69) is 244 Å². The van der Waals surface area contributed by atoms with Crippen molar-refractivity contribution in [3.8, 4) is 22.3 Å². The van der Waals surface area contributed by atoms with Gasteiger partial charge in [0.15, 0.2) is 5.70 Å². The van der Waals surface area contributed by atoms with Crippen molar-refractivity contribution in [3.05, 3.63) is 194 Å².